The van der Waals surface area contributed by atoms with Gasteiger partial charge in [-0.05, 0) is 12.8 Å². The molecule has 0 radical (unpaired) electrons. The van der Waals surface area contributed by atoms with E-state index < -0.39 is 0 Å². The average molecular weight is 259 g/mol. The Hall–Kier alpha value is -0.750. The fraction of sp³-hybridized carbons (Fsp3) is 0.818. The largest absolute Gasteiger partial charge is 0.335 e. The Morgan fingerprint density at radius 1 is 1.41 bits per heavy atom. The van der Waals surface area contributed by atoms with Crippen LogP contribution in [0.25, 0.3) is 0 Å². The molecule has 1 saturated carbocycles. The molecular weight excluding hydrogens is 238 g/mol. The summed E-state index contributed by atoms with van der Waals surface area (Å²) in [6.45, 7) is 2.49. The fourth-order valence-corrected chi connectivity index (χ4v) is 2.38. The monoisotopic (exact) mass is 259 g/mol. The van der Waals surface area contributed by atoms with E-state index >= 15 is 0 Å². The van der Waals surface area contributed by atoms with Crippen molar-refractivity contribution in [2.75, 3.05) is 12.3 Å². The van der Waals surface area contributed by atoms with Crippen molar-refractivity contribution in [2.24, 2.45) is 5.73 Å². The van der Waals surface area contributed by atoms with Crippen LogP contribution in [0.2, 0.25) is 0 Å². The van der Waals surface area contributed by atoms with Gasteiger partial charge < -0.3 is 11.1 Å². The maximum atomic E-state index is 11.4. The third kappa shape index (κ3) is 5.93. The summed E-state index contributed by atoms with van der Waals surface area (Å²) in [5.41, 5.74) is 5.44. The van der Waals surface area contributed by atoms with Gasteiger partial charge in [0.05, 0.1) is 5.75 Å². The van der Waals surface area contributed by atoms with Gasteiger partial charge in [0, 0.05) is 17.8 Å². The summed E-state index contributed by atoms with van der Waals surface area (Å²) in [4.78, 5) is 22.9. The minimum atomic E-state index is -0.372. The van der Waals surface area contributed by atoms with Crippen molar-refractivity contribution in [3.8, 4) is 0 Å². The Bertz CT molecular complexity index is 267. The molecule has 4 N–H and O–H groups in total. The van der Waals surface area contributed by atoms with Crippen molar-refractivity contribution in [1.82, 2.24) is 10.6 Å². The standard InChI is InChI=1S/C11H21N3O2S/c1-8(6-12)17-7-10(15)14-11(16)13-9-4-2-3-5-9/h8-9H,2-7,12H2,1H3,(H2,13,14,15,16). The van der Waals surface area contributed by atoms with Crippen LogP contribution in [0.5, 0.6) is 0 Å². The van der Waals surface area contributed by atoms with E-state index in [1.54, 1.807) is 0 Å². The predicted octanol–water partition coefficient (Wildman–Crippen LogP) is 0.835. The molecule has 1 fully saturated rings. The Morgan fingerprint density at radius 2 is 2.06 bits per heavy atom. The van der Waals surface area contributed by atoms with Crippen LogP contribution in [0.4, 0.5) is 4.79 Å². The highest BCUT2D eigenvalue weighted by Crippen LogP contribution is 2.17. The van der Waals surface area contributed by atoms with E-state index in [1.807, 2.05) is 6.92 Å². The Kier molecular flexibility index (Phi) is 6.36. The van der Waals surface area contributed by atoms with Crippen molar-refractivity contribution in [2.45, 2.75) is 43.9 Å². The van der Waals surface area contributed by atoms with Gasteiger partial charge in [-0.25, -0.2) is 4.79 Å². The molecule has 1 rings (SSSR count). The predicted molar refractivity (Wildman–Crippen MR) is 69.9 cm³/mol. The van der Waals surface area contributed by atoms with Gasteiger partial charge >= 0.3 is 6.03 Å². The molecule has 0 heterocycles. The lowest BCUT2D eigenvalue weighted by atomic mass is 10.2. The lowest BCUT2D eigenvalue weighted by molar-refractivity contribution is -0.117. The number of hydrogen-bond donors (Lipinski definition) is 3. The molecular formula is C11H21N3O2S. The number of carbonyl (C=O) groups excluding carboxylic acids is 2. The highest BCUT2D eigenvalue weighted by Gasteiger charge is 2.18. The third-order valence-electron chi connectivity index (χ3n) is 2.77. The van der Waals surface area contributed by atoms with Gasteiger partial charge in [0.1, 0.15) is 0 Å². The molecule has 0 aromatic carbocycles. The van der Waals surface area contributed by atoms with Gasteiger partial charge in [0.15, 0.2) is 0 Å². The van der Waals surface area contributed by atoms with Crippen LogP contribution in [0, 0.1) is 0 Å². The number of rotatable bonds is 5. The van der Waals surface area contributed by atoms with E-state index in [0.717, 1.165) is 25.7 Å². The zero-order chi connectivity index (χ0) is 12.7. The molecule has 6 heteroatoms. The number of imide groups is 1. The molecule has 0 aromatic rings. The molecule has 17 heavy (non-hydrogen) atoms. The van der Waals surface area contributed by atoms with Crippen LogP contribution in [0.1, 0.15) is 32.6 Å². The van der Waals surface area contributed by atoms with E-state index in [2.05, 4.69) is 10.6 Å². The third-order valence-corrected chi connectivity index (χ3v) is 3.96. The van der Waals surface area contributed by atoms with E-state index in [9.17, 15) is 9.59 Å². The second-order valence-corrected chi connectivity index (χ2v) is 5.79. The van der Waals surface area contributed by atoms with E-state index in [4.69, 9.17) is 5.73 Å². The minimum Gasteiger partial charge on any atom is -0.335 e. The Morgan fingerprint density at radius 3 is 2.65 bits per heavy atom. The summed E-state index contributed by atoms with van der Waals surface area (Å²) in [6.07, 6.45) is 4.34. The van der Waals surface area contributed by atoms with Crippen molar-refractivity contribution in [3.63, 3.8) is 0 Å². The topological polar surface area (TPSA) is 84.2 Å². The zero-order valence-corrected chi connectivity index (χ0v) is 11.0. The summed E-state index contributed by atoms with van der Waals surface area (Å²) in [7, 11) is 0. The van der Waals surface area contributed by atoms with Crippen molar-refractivity contribution >= 4 is 23.7 Å². The van der Waals surface area contributed by atoms with Gasteiger partial charge in [-0.3, -0.25) is 10.1 Å². The normalized spacial score (nSPS) is 17.8. The SMILES string of the molecule is CC(CN)SCC(=O)NC(=O)NC1CCCC1. The van der Waals surface area contributed by atoms with Crippen molar-refractivity contribution in [3.05, 3.63) is 0 Å². The molecule has 1 aliphatic rings. The minimum absolute atomic E-state index is 0.235. The van der Waals surface area contributed by atoms with E-state index in [1.165, 1.54) is 11.8 Å². The summed E-state index contributed by atoms with van der Waals surface area (Å²) >= 11 is 1.45. The number of thioether (sulfide) groups is 1. The summed E-state index contributed by atoms with van der Waals surface area (Å²) < 4.78 is 0. The highest BCUT2D eigenvalue weighted by molar-refractivity contribution is 8.00. The zero-order valence-electron chi connectivity index (χ0n) is 10.2. The fourth-order valence-electron chi connectivity index (χ4n) is 1.74. The van der Waals surface area contributed by atoms with Gasteiger partial charge in [-0.15, -0.1) is 11.8 Å². The van der Waals surface area contributed by atoms with Gasteiger partial charge in [0.25, 0.3) is 0 Å². The molecule has 0 spiro atoms. The lowest BCUT2D eigenvalue weighted by Crippen LogP contribution is -2.44. The van der Waals surface area contributed by atoms with Crippen LogP contribution in [0.3, 0.4) is 0 Å². The molecule has 5 nitrogen and oxygen atoms in total. The highest BCUT2D eigenvalue weighted by atomic mass is 32.2. The van der Waals surface area contributed by atoms with Gasteiger partial charge in [-0.1, -0.05) is 19.8 Å². The molecule has 0 aromatic heterocycles. The number of carbonyl (C=O) groups is 2. The van der Waals surface area contributed by atoms with Gasteiger partial charge in [-0.2, -0.15) is 0 Å². The molecule has 0 saturated heterocycles. The number of amides is 3. The van der Waals surface area contributed by atoms with Crippen LogP contribution >= 0.6 is 11.8 Å². The quantitative estimate of drug-likeness (QED) is 0.683. The van der Waals surface area contributed by atoms with Crippen LogP contribution in [-0.4, -0.2) is 35.5 Å². The molecule has 98 valence electrons. The van der Waals surface area contributed by atoms with E-state index in [-0.39, 0.29) is 29.0 Å². The van der Waals surface area contributed by atoms with Crippen molar-refractivity contribution < 1.29 is 9.59 Å². The second kappa shape index (κ2) is 7.55. The average Bonchev–Trinajstić information content (AvgIpc) is 2.78. The first-order chi connectivity index (χ1) is 8.11. The summed E-state index contributed by atoms with van der Waals surface area (Å²) in [5.74, 6) is 0.0157. The lowest BCUT2D eigenvalue weighted by Gasteiger charge is -2.12. The first kappa shape index (κ1) is 14.3. The molecule has 0 bridgehead atoms. The van der Waals surface area contributed by atoms with Crippen LogP contribution in [0.15, 0.2) is 0 Å². The maximum absolute atomic E-state index is 11.4. The molecule has 3 amide bonds. The smallest absolute Gasteiger partial charge is 0.321 e. The maximum Gasteiger partial charge on any atom is 0.321 e. The molecule has 1 aliphatic carbocycles. The van der Waals surface area contributed by atoms with Crippen LogP contribution in [-0.2, 0) is 4.79 Å². The van der Waals surface area contributed by atoms with Crippen molar-refractivity contribution in [1.29, 1.82) is 0 Å². The molecule has 1 atom stereocenters. The van der Waals surface area contributed by atoms with Gasteiger partial charge in [0.2, 0.25) is 5.91 Å². The first-order valence-electron chi connectivity index (χ1n) is 6.04. The second-order valence-electron chi connectivity index (χ2n) is 4.36. The number of nitrogens with one attached hydrogen (secondary N) is 2. The van der Waals surface area contributed by atoms with E-state index in [0.29, 0.717) is 6.54 Å². The summed E-state index contributed by atoms with van der Waals surface area (Å²) in [6, 6.07) is -0.138. The first-order valence-corrected chi connectivity index (χ1v) is 7.08. The Balaban J connectivity index is 2.14. The number of urea groups is 1. The van der Waals surface area contributed by atoms with Crippen LogP contribution < -0.4 is 16.4 Å². The Labute approximate surface area is 106 Å². The summed E-state index contributed by atoms with van der Waals surface area (Å²) in [5, 5.41) is 5.38. The molecule has 1 unspecified atom stereocenters. The molecule has 0 aliphatic heterocycles. The number of nitrogens with two attached hydrogens (primary N) is 1. The number of hydrogen-bond acceptors (Lipinski definition) is 4.